The lowest BCUT2D eigenvalue weighted by molar-refractivity contribution is -0.384. The van der Waals surface area contributed by atoms with E-state index in [9.17, 15) is 20.0 Å². The van der Waals surface area contributed by atoms with E-state index in [-0.39, 0.29) is 5.69 Å². The molecule has 0 bridgehead atoms. The van der Waals surface area contributed by atoms with E-state index < -0.39 is 16.4 Å². The Hall–Kier alpha value is -2.11. The van der Waals surface area contributed by atoms with Gasteiger partial charge in [0.05, 0.1) is 4.92 Å². The third kappa shape index (κ3) is 2.33. The number of hydrogen-bond acceptors (Lipinski definition) is 4. The summed E-state index contributed by atoms with van der Waals surface area (Å²) in [4.78, 5) is 23.8. The van der Waals surface area contributed by atoms with Crippen LogP contribution in [0, 0.1) is 10.1 Å². The van der Waals surface area contributed by atoms with Crippen LogP contribution in [0.25, 0.3) is 0 Å². The molecule has 1 saturated heterocycles. The topological polar surface area (TPSA) is 83.7 Å². The smallest absolute Gasteiger partial charge is 0.329 e. The van der Waals surface area contributed by atoms with Crippen LogP contribution >= 0.6 is 0 Å². The zero-order valence-corrected chi connectivity index (χ0v) is 11.4. The van der Waals surface area contributed by atoms with Crippen LogP contribution in [0.1, 0.15) is 32.6 Å². The maximum absolute atomic E-state index is 11.7. The maximum Gasteiger partial charge on any atom is 0.329 e. The van der Waals surface area contributed by atoms with Gasteiger partial charge in [0, 0.05) is 24.4 Å². The highest BCUT2D eigenvalue weighted by Crippen LogP contribution is 2.38. The molecule has 1 aliphatic heterocycles. The third-order valence-electron chi connectivity index (χ3n) is 3.92. The quantitative estimate of drug-likeness (QED) is 0.661. The van der Waals surface area contributed by atoms with E-state index in [2.05, 4.69) is 0 Å². The number of nitrogens with zero attached hydrogens (tertiary/aromatic N) is 2. The Balaban J connectivity index is 2.34. The molecule has 1 unspecified atom stereocenters. The van der Waals surface area contributed by atoms with E-state index in [1.54, 1.807) is 12.1 Å². The molecule has 0 radical (unpaired) electrons. The SMILES string of the molecule is CCCC1(C(=O)O)CCCN1c1ccc([N+](=O)[O-])cc1. The van der Waals surface area contributed by atoms with Gasteiger partial charge in [-0.15, -0.1) is 0 Å². The molecule has 20 heavy (non-hydrogen) atoms. The molecule has 108 valence electrons. The maximum atomic E-state index is 11.7. The molecule has 1 aromatic rings. The second kappa shape index (κ2) is 5.48. The van der Waals surface area contributed by atoms with E-state index in [0.717, 1.165) is 18.5 Å². The van der Waals surface area contributed by atoms with E-state index in [0.29, 0.717) is 19.4 Å². The van der Waals surface area contributed by atoms with Crippen molar-refractivity contribution < 1.29 is 14.8 Å². The van der Waals surface area contributed by atoms with Crippen molar-refractivity contribution >= 4 is 17.3 Å². The van der Waals surface area contributed by atoms with Crippen molar-refractivity contribution in [1.29, 1.82) is 0 Å². The van der Waals surface area contributed by atoms with Crippen molar-refractivity contribution in [1.82, 2.24) is 0 Å². The molecular weight excluding hydrogens is 260 g/mol. The number of nitro benzene ring substituents is 1. The largest absolute Gasteiger partial charge is 0.479 e. The van der Waals surface area contributed by atoms with Gasteiger partial charge in [0.1, 0.15) is 5.54 Å². The number of non-ortho nitro benzene ring substituents is 1. The normalized spacial score (nSPS) is 21.9. The molecular formula is C14H18N2O4. The summed E-state index contributed by atoms with van der Waals surface area (Å²) in [6, 6.07) is 6.12. The van der Waals surface area contributed by atoms with Gasteiger partial charge in [0.25, 0.3) is 5.69 Å². The number of rotatable bonds is 5. The van der Waals surface area contributed by atoms with Crippen LogP contribution in [-0.2, 0) is 4.79 Å². The number of carboxylic acids is 1. The Morgan fingerprint density at radius 1 is 1.45 bits per heavy atom. The van der Waals surface area contributed by atoms with Gasteiger partial charge in [-0.25, -0.2) is 4.79 Å². The fourth-order valence-electron chi connectivity index (χ4n) is 3.01. The number of benzene rings is 1. The molecule has 1 heterocycles. The van der Waals surface area contributed by atoms with Crippen LogP contribution in [0.3, 0.4) is 0 Å². The van der Waals surface area contributed by atoms with Crippen LogP contribution in [-0.4, -0.2) is 28.1 Å². The summed E-state index contributed by atoms with van der Waals surface area (Å²) in [5, 5.41) is 20.3. The monoisotopic (exact) mass is 278 g/mol. The fourth-order valence-corrected chi connectivity index (χ4v) is 3.01. The third-order valence-corrected chi connectivity index (χ3v) is 3.92. The van der Waals surface area contributed by atoms with Gasteiger partial charge in [-0.1, -0.05) is 13.3 Å². The molecule has 6 nitrogen and oxygen atoms in total. The average molecular weight is 278 g/mol. The minimum atomic E-state index is -0.870. The highest BCUT2D eigenvalue weighted by atomic mass is 16.6. The predicted octanol–water partition coefficient (Wildman–Crippen LogP) is 2.82. The molecule has 0 aromatic heterocycles. The first kappa shape index (κ1) is 14.3. The zero-order valence-electron chi connectivity index (χ0n) is 11.4. The zero-order chi connectivity index (χ0) is 14.8. The van der Waals surface area contributed by atoms with Crippen LogP contribution < -0.4 is 4.90 Å². The van der Waals surface area contributed by atoms with Gasteiger partial charge >= 0.3 is 5.97 Å². The molecule has 0 aliphatic carbocycles. The summed E-state index contributed by atoms with van der Waals surface area (Å²) in [6.07, 6.45) is 2.81. The molecule has 1 aliphatic rings. The Bertz CT molecular complexity index is 514. The molecule has 0 spiro atoms. The van der Waals surface area contributed by atoms with E-state index in [1.165, 1.54) is 12.1 Å². The Morgan fingerprint density at radius 3 is 2.60 bits per heavy atom. The molecule has 6 heteroatoms. The second-order valence-corrected chi connectivity index (χ2v) is 5.12. The van der Waals surface area contributed by atoms with Crippen molar-refractivity contribution in [2.75, 3.05) is 11.4 Å². The summed E-state index contributed by atoms with van der Waals surface area (Å²) >= 11 is 0. The van der Waals surface area contributed by atoms with Crippen molar-refractivity contribution in [2.45, 2.75) is 38.1 Å². The number of nitro groups is 1. The van der Waals surface area contributed by atoms with Gasteiger partial charge in [-0.05, 0) is 31.4 Å². The highest BCUT2D eigenvalue weighted by molar-refractivity contribution is 5.84. The van der Waals surface area contributed by atoms with Crippen LogP contribution in [0.4, 0.5) is 11.4 Å². The first-order chi connectivity index (χ1) is 9.51. The lowest BCUT2D eigenvalue weighted by Gasteiger charge is -2.36. The van der Waals surface area contributed by atoms with E-state index >= 15 is 0 Å². The first-order valence-electron chi connectivity index (χ1n) is 6.77. The van der Waals surface area contributed by atoms with E-state index in [1.807, 2.05) is 11.8 Å². The van der Waals surface area contributed by atoms with Gasteiger partial charge in [-0.3, -0.25) is 10.1 Å². The first-order valence-corrected chi connectivity index (χ1v) is 6.77. The number of anilines is 1. The molecule has 2 rings (SSSR count). The molecule has 1 atom stereocenters. The van der Waals surface area contributed by atoms with Crippen LogP contribution in [0.2, 0.25) is 0 Å². The summed E-state index contributed by atoms with van der Waals surface area (Å²) in [5.74, 6) is -0.810. The van der Waals surface area contributed by atoms with Crippen molar-refractivity contribution in [2.24, 2.45) is 0 Å². The van der Waals surface area contributed by atoms with Gasteiger partial charge in [-0.2, -0.15) is 0 Å². The van der Waals surface area contributed by atoms with Gasteiger partial charge in [0.2, 0.25) is 0 Å². The molecule has 0 amide bonds. The highest BCUT2D eigenvalue weighted by Gasteiger charge is 2.46. The number of hydrogen-bond donors (Lipinski definition) is 1. The Kier molecular flexibility index (Phi) is 3.92. The number of carboxylic acid groups (broad SMARTS) is 1. The predicted molar refractivity (Wildman–Crippen MR) is 75.0 cm³/mol. The Morgan fingerprint density at radius 2 is 2.10 bits per heavy atom. The average Bonchev–Trinajstić information content (AvgIpc) is 2.84. The minimum Gasteiger partial charge on any atom is -0.479 e. The number of aliphatic carboxylic acids is 1. The number of carbonyl (C=O) groups is 1. The molecule has 1 fully saturated rings. The lowest BCUT2D eigenvalue weighted by Crippen LogP contribution is -2.50. The van der Waals surface area contributed by atoms with Crippen LogP contribution in [0.15, 0.2) is 24.3 Å². The van der Waals surface area contributed by atoms with Crippen molar-refractivity contribution in [3.05, 3.63) is 34.4 Å². The van der Waals surface area contributed by atoms with Crippen LogP contribution in [0.5, 0.6) is 0 Å². The minimum absolute atomic E-state index is 0.0179. The molecule has 1 aromatic carbocycles. The molecule has 1 N–H and O–H groups in total. The van der Waals surface area contributed by atoms with Crippen molar-refractivity contribution in [3.8, 4) is 0 Å². The fraction of sp³-hybridized carbons (Fsp3) is 0.500. The Labute approximate surface area is 117 Å². The molecule has 0 saturated carbocycles. The summed E-state index contributed by atoms with van der Waals surface area (Å²) in [7, 11) is 0. The summed E-state index contributed by atoms with van der Waals surface area (Å²) < 4.78 is 0. The van der Waals surface area contributed by atoms with Crippen molar-refractivity contribution in [3.63, 3.8) is 0 Å². The van der Waals surface area contributed by atoms with E-state index in [4.69, 9.17) is 0 Å². The van der Waals surface area contributed by atoms with Gasteiger partial charge < -0.3 is 10.0 Å². The standard InChI is InChI=1S/C14H18N2O4/c1-2-8-14(13(17)18)9-3-10-15(14)11-4-6-12(7-5-11)16(19)20/h4-7H,2-3,8-10H2,1H3,(H,17,18). The van der Waals surface area contributed by atoms with Gasteiger partial charge in [0.15, 0.2) is 0 Å². The summed E-state index contributed by atoms with van der Waals surface area (Å²) in [5.41, 5.74) is -0.112. The lowest BCUT2D eigenvalue weighted by atomic mass is 9.90. The second-order valence-electron chi connectivity index (χ2n) is 5.12. The summed E-state index contributed by atoms with van der Waals surface area (Å²) in [6.45, 7) is 2.64.